The molecule has 1 aromatic rings. The Morgan fingerprint density at radius 1 is 1.35 bits per heavy atom. The van der Waals surface area contributed by atoms with Crippen molar-refractivity contribution in [3.05, 3.63) is 34.9 Å². The lowest BCUT2D eigenvalue weighted by atomic mass is 9.85. The number of hydrogen-bond acceptors (Lipinski definition) is 3. The number of hydrogen-bond donors (Lipinski definition) is 1. The predicted molar refractivity (Wildman–Crippen MR) is 76.7 cm³/mol. The molecule has 0 radical (unpaired) electrons. The Hall–Kier alpha value is -1.55. The molecule has 1 aromatic carbocycles. The van der Waals surface area contributed by atoms with Crippen molar-refractivity contribution >= 4 is 23.5 Å². The fourth-order valence-electron chi connectivity index (χ4n) is 2.60. The molecule has 1 amide bonds. The second kappa shape index (κ2) is 6.75. The molecule has 1 fully saturated rings. The number of benzene rings is 1. The van der Waals surface area contributed by atoms with Crippen LogP contribution in [0.4, 0.5) is 0 Å². The van der Waals surface area contributed by atoms with E-state index < -0.39 is 0 Å². The smallest absolute Gasteiger partial charge is 0.308 e. The molecule has 0 bridgehead atoms. The molecule has 0 unspecified atom stereocenters. The maximum absolute atomic E-state index is 12.1. The number of esters is 1. The average molecular weight is 296 g/mol. The van der Waals surface area contributed by atoms with E-state index in [0.717, 1.165) is 19.3 Å². The predicted octanol–water partition coefficient (Wildman–Crippen LogP) is 2.80. The normalized spacial score (nSPS) is 22.1. The van der Waals surface area contributed by atoms with Crippen molar-refractivity contribution < 1.29 is 14.3 Å². The molecule has 0 aromatic heterocycles. The van der Waals surface area contributed by atoms with E-state index in [4.69, 9.17) is 16.3 Å². The minimum Gasteiger partial charge on any atom is -0.469 e. The van der Waals surface area contributed by atoms with Gasteiger partial charge in [0.2, 0.25) is 0 Å². The van der Waals surface area contributed by atoms with Crippen LogP contribution >= 0.6 is 11.6 Å². The largest absolute Gasteiger partial charge is 0.469 e. The summed E-state index contributed by atoms with van der Waals surface area (Å²) in [5.74, 6) is -0.451. The Balaban J connectivity index is 1.96. The Bertz CT molecular complexity index is 504. The third kappa shape index (κ3) is 3.73. The molecule has 0 spiro atoms. The lowest BCUT2D eigenvalue weighted by molar-refractivity contribution is -0.146. The fraction of sp³-hybridized carbons (Fsp3) is 0.467. The van der Waals surface area contributed by atoms with Crippen LogP contribution in [0.5, 0.6) is 0 Å². The molecular weight excluding hydrogens is 278 g/mol. The van der Waals surface area contributed by atoms with Crippen molar-refractivity contribution in [1.29, 1.82) is 0 Å². The van der Waals surface area contributed by atoms with Crippen LogP contribution in [-0.4, -0.2) is 25.0 Å². The van der Waals surface area contributed by atoms with Crippen LogP contribution in [0.25, 0.3) is 0 Å². The number of amides is 1. The quantitative estimate of drug-likeness (QED) is 0.873. The number of methoxy groups -OCH3 is 1. The number of nitrogens with one attached hydrogen (secondary N) is 1. The van der Waals surface area contributed by atoms with E-state index in [0.29, 0.717) is 17.0 Å². The molecule has 0 saturated heterocycles. The summed E-state index contributed by atoms with van der Waals surface area (Å²) < 4.78 is 4.77. The molecular formula is C15H18ClNO3. The molecule has 0 heterocycles. The Morgan fingerprint density at radius 3 is 2.85 bits per heavy atom. The van der Waals surface area contributed by atoms with Gasteiger partial charge in [-0.05, 0) is 37.5 Å². The van der Waals surface area contributed by atoms with E-state index in [1.165, 1.54) is 7.11 Å². The van der Waals surface area contributed by atoms with Gasteiger partial charge in [-0.3, -0.25) is 9.59 Å². The number of rotatable bonds is 3. The first-order chi connectivity index (χ1) is 9.60. The summed E-state index contributed by atoms with van der Waals surface area (Å²) in [4.78, 5) is 23.7. The molecule has 1 N–H and O–H groups in total. The fourth-order valence-corrected chi connectivity index (χ4v) is 2.79. The van der Waals surface area contributed by atoms with Crippen LogP contribution in [0.1, 0.15) is 36.0 Å². The zero-order chi connectivity index (χ0) is 14.5. The summed E-state index contributed by atoms with van der Waals surface area (Å²) in [7, 11) is 1.40. The summed E-state index contributed by atoms with van der Waals surface area (Å²) in [6.07, 6.45) is 3.27. The van der Waals surface area contributed by atoms with Crippen molar-refractivity contribution in [3.8, 4) is 0 Å². The van der Waals surface area contributed by atoms with Gasteiger partial charge >= 0.3 is 5.97 Å². The standard InChI is InChI=1S/C15H18ClNO3/c1-20-15(19)11-5-3-7-13(9-11)17-14(18)10-4-2-6-12(16)8-10/h2,4,6,8,11,13H,3,5,7,9H2,1H3,(H,17,18)/t11-,13+/m1/s1. The Kier molecular flexibility index (Phi) is 5.01. The third-order valence-electron chi connectivity index (χ3n) is 3.63. The third-order valence-corrected chi connectivity index (χ3v) is 3.87. The highest BCUT2D eigenvalue weighted by molar-refractivity contribution is 6.30. The summed E-state index contributed by atoms with van der Waals surface area (Å²) in [6.45, 7) is 0. The van der Waals surface area contributed by atoms with Gasteiger partial charge < -0.3 is 10.1 Å². The van der Waals surface area contributed by atoms with E-state index in [1.807, 2.05) is 0 Å². The number of halogens is 1. The zero-order valence-electron chi connectivity index (χ0n) is 11.4. The number of ether oxygens (including phenoxy) is 1. The molecule has 20 heavy (non-hydrogen) atoms. The second-order valence-corrected chi connectivity index (χ2v) is 5.50. The van der Waals surface area contributed by atoms with Crippen LogP contribution in [0.3, 0.4) is 0 Å². The topological polar surface area (TPSA) is 55.4 Å². The highest BCUT2D eigenvalue weighted by Crippen LogP contribution is 2.25. The highest BCUT2D eigenvalue weighted by Gasteiger charge is 2.28. The Morgan fingerprint density at radius 2 is 2.15 bits per heavy atom. The van der Waals surface area contributed by atoms with Crippen molar-refractivity contribution in [2.45, 2.75) is 31.7 Å². The minimum atomic E-state index is -0.188. The molecule has 108 valence electrons. The molecule has 2 rings (SSSR count). The maximum Gasteiger partial charge on any atom is 0.308 e. The van der Waals surface area contributed by atoms with Gasteiger partial charge in [0.05, 0.1) is 13.0 Å². The van der Waals surface area contributed by atoms with E-state index >= 15 is 0 Å². The summed E-state index contributed by atoms with van der Waals surface area (Å²) in [6, 6.07) is 6.85. The lowest BCUT2D eigenvalue weighted by Crippen LogP contribution is -2.40. The van der Waals surface area contributed by atoms with Crippen molar-refractivity contribution in [3.63, 3.8) is 0 Å². The van der Waals surface area contributed by atoms with Crippen LogP contribution < -0.4 is 5.32 Å². The van der Waals surface area contributed by atoms with Gasteiger partial charge in [-0.1, -0.05) is 24.1 Å². The van der Waals surface area contributed by atoms with Gasteiger partial charge in [0, 0.05) is 16.6 Å². The minimum absolute atomic E-state index is 0.0133. The van der Waals surface area contributed by atoms with E-state index in [9.17, 15) is 9.59 Å². The SMILES string of the molecule is COC(=O)[C@@H]1CCC[C@H](NC(=O)c2cccc(Cl)c2)C1. The molecule has 2 atom stereocenters. The van der Waals surface area contributed by atoms with Gasteiger partial charge in [0.15, 0.2) is 0 Å². The van der Waals surface area contributed by atoms with Crippen molar-refractivity contribution in [1.82, 2.24) is 5.32 Å². The molecule has 1 aliphatic rings. The van der Waals surface area contributed by atoms with Gasteiger partial charge in [0.25, 0.3) is 5.91 Å². The second-order valence-electron chi connectivity index (χ2n) is 5.07. The number of carbonyl (C=O) groups is 2. The van der Waals surface area contributed by atoms with Crippen LogP contribution in [0.15, 0.2) is 24.3 Å². The average Bonchev–Trinajstić information content (AvgIpc) is 2.46. The van der Waals surface area contributed by atoms with Gasteiger partial charge in [-0.25, -0.2) is 0 Å². The molecule has 4 nitrogen and oxygen atoms in total. The van der Waals surface area contributed by atoms with Crippen LogP contribution in [-0.2, 0) is 9.53 Å². The van der Waals surface area contributed by atoms with Crippen molar-refractivity contribution in [2.24, 2.45) is 5.92 Å². The van der Waals surface area contributed by atoms with Crippen LogP contribution in [0.2, 0.25) is 5.02 Å². The molecule has 5 heteroatoms. The maximum atomic E-state index is 12.1. The summed E-state index contributed by atoms with van der Waals surface area (Å²) in [5.41, 5.74) is 0.540. The lowest BCUT2D eigenvalue weighted by Gasteiger charge is -2.28. The number of carbonyl (C=O) groups excluding carboxylic acids is 2. The van der Waals surface area contributed by atoms with Crippen LogP contribution in [0, 0.1) is 5.92 Å². The molecule has 1 aliphatic carbocycles. The summed E-state index contributed by atoms with van der Waals surface area (Å²) in [5, 5.41) is 3.50. The summed E-state index contributed by atoms with van der Waals surface area (Å²) >= 11 is 5.87. The van der Waals surface area contributed by atoms with E-state index in [2.05, 4.69) is 5.32 Å². The van der Waals surface area contributed by atoms with Crippen molar-refractivity contribution in [2.75, 3.05) is 7.11 Å². The van der Waals surface area contributed by atoms with Gasteiger partial charge in [-0.15, -0.1) is 0 Å². The Labute approximate surface area is 123 Å². The first-order valence-electron chi connectivity index (χ1n) is 6.74. The zero-order valence-corrected chi connectivity index (χ0v) is 12.2. The highest BCUT2D eigenvalue weighted by atomic mass is 35.5. The molecule has 0 aliphatic heterocycles. The first kappa shape index (κ1) is 14.9. The molecule has 1 saturated carbocycles. The van der Waals surface area contributed by atoms with E-state index in [1.54, 1.807) is 24.3 Å². The monoisotopic (exact) mass is 295 g/mol. The van der Waals surface area contributed by atoms with E-state index in [-0.39, 0.29) is 23.8 Å². The van der Waals surface area contributed by atoms with Gasteiger partial charge in [0.1, 0.15) is 0 Å². The van der Waals surface area contributed by atoms with Gasteiger partial charge in [-0.2, -0.15) is 0 Å². The first-order valence-corrected chi connectivity index (χ1v) is 7.12.